The van der Waals surface area contributed by atoms with E-state index in [2.05, 4.69) is 169 Å². The number of ketones is 1. The van der Waals surface area contributed by atoms with Gasteiger partial charge in [-0.2, -0.15) is 38.5 Å². The predicted molar refractivity (Wildman–Crippen MR) is 177 cm³/mol. The van der Waals surface area contributed by atoms with Crippen molar-refractivity contribution < 1.29 is 80.9 Å². The van der Waals surface area contributed by atoms with Crippen LogP contribution in [0.25, 0.3) is 0 Å². The Morgan fingerprint density at radius 3 is 1.10 bits per heavy atom. The quantitative estimate of drug-likeness (QED) is 0.204. The minimum atomic E-state index is 0. The van der Waals surface area contributed by atoms with Crippen molar-refractivity contribution in [2.45, 2.75) is 131 Å². The van der Waals surface area contributed by atoms with Gasteiger partial charge in [0.25, 0.3) is 0 Å². The molecule has 0 aromatic carbocycles. The fraction of sp³-hybridized carbons (Fsp3) is 0.857. The zero-order valence-corrected chi connectivity index (χ0v) is 40.7. The number of hydrogen-bond acceptors (Lipinski definition) is 3. The van der Waals surface area contributed by atoms with Gasteiger partial charge in [0.2, 0.25) is 0 Å². The number of rotatable bonds is 10. The first-order valence-electron chi connectivity index (χ1n) is 15.1. The average Bonchev–Trinajstić information content (AvgIpc) is 2.81. The third-order valence-electron chi connectivity index (χ3n) is 9.84. The Kier molecular flexibility index (Phi) is 34.7. The van der Waals surface area contributed by atoms with Gasteiger partial charge in [-0.3, -0.25) is 4.79 Å². The van der Waals surface area contributed by atoms with Crippen LogP contribution in [0.2, 0.25) is 0 Å². The third-order valence-corrected chi connectivity index (χ3v) is 11.6. The first kappa shape index (κ1) is 56.2. The molecule has 0 aromatic heterocycles. The van der Waals surface area contributed by atoms with Crippen LogP contribution in [0.1, 0.15) is 131 Å². The summed E-state index contributed by atoms with van der Waals surface area (Å²) in [6.07, 6.45) is 1.13. The second-order valence-electron chi connectivity index (χ2n) is 14.7. The van der Waals surface area contributed by atoms with Gasteiger partial charge in [-0.1, -0.05) is 88.0 Å². The zero-order valence-electron chi connectivity index (χ0n) is 32.0. The van der Waals surface area contributed by atoms with Crippen LogP contribution >= 0.6 is 0 Å². The molecule has 0 aliphatic heterocycles. The monoisotopic (exact) mass is 1010 g/mol. The van der Waals surface area contributed by atoms with Crippen molar-refractivity contribution in [3.63, 3.8) is 0 Å². The number of carbonyl (C=O) groups excluding carboxylic acids is 1. The van der Waals surface area contributed by atoms with E-state index in [0.717, 1.165) is 18.3 Å². The zero-order chi connectivity index (χ0) is 33.6. The molecule has 0 radical (unpaired) electrons. The van der Waals surface area contributed by atoms with Crippen molar-refractivity contribution >= 4 is 14.5 Å². The Hall–Kier alpha value is 1.88. The standard InChI is InChI=1S/C14H29.C12H23O.C5H11N.C4H9N.2V.2W/c1-10(2)14(8,9)12(4)11(3)13(5,6)7;1-8(2)12(6,7)10(4)9(3)11(5)13;1-4-5-6(2)3;1-4-5(2)3;;;;/h11-12H,1-9H3;9-10H,1-7H3;4H2,1-3H3;1-3H3;;;;/q2*-1;;;;;;/t11-,12?;9-,10?;;;;;;/m00....../s1. The largest absolute Gasteiger partial charge is 0 e. The van der Waals surface area contributed by atoms with Gasteiger partial charge in [-0.25, -0.2) is 0 Å². The molecule has 0 N–H and O–H groups in total. The van der Waals surface area contributed by atoms with Gasteiger partial charge in [0.05, 0.1) is 0 Å². The molecule has 0 aliphatic rings. The number of nitrogens with zero attached hydrogens (tertiary/aromatic N) is 2. The maximum atomic E-state index is 11.2. The normalized spacial score (nSPS) is 14.4. The SMILES string of the molecule is CC(=O)[C@@H](C)C(C)C(C)(C)[C-](C)C.CC[C](=[V])N(C)C.C[C-](C)C(C)(C)C(C)[C@H](C)C(C)(C)C.C[C](=[V])N(C)C.[W].[W]. The van der Waals surface area contributed by atoms with Gasteiger partial charge in [-0.15, -0.1) is 0 Å². The molecule has 0 spiro atoms. The minimum Gasteiger partial charge on any atom is 0 e. The van der Waals surface area contributed by atoms with Gasteiger partial charge in [0.1, 0.15) is 5.78 Å². The van der Waals surface area contributed by atoms with Crippen molar-refractivity contribution in [1.82, 2.24) is 9.80 Å². The smallest absolute Gasteiger partial charge is 0 e. The van der Waals surface area contributed by atoms with E-state index in [-0.39, 0.29) is 53.5 Å². The molecule has 4 atom stereocenters. The number of Topliss-reactive ketones (excluding diaryl/α,β-unsaturated/α-hetero) is 1. The van der Waals surface area contributed by atoms with Crippen molar-refractivity contribution in [3.05, 3.63) is 11.8 Å². The summed E-state index contributed by atoms with van der Waals surface area (Å²) in [5.74, 6) is 5.27. The third kappa shape index (κ3) is 24.1. The molecule has 252 valence electrons. The Morgan fingerprint density at radius 1 is 0.667 bits per heavy atom. The fourth-order valence-corrected chi connectivity index (χ4v) is 3.58. The van der Waals surface area contributed by atoms with Crippen LogP contribution < -0.4 is 0 Å². The van der Waals surface area contributed by atoms with E-state index in [1.54, 1.807) is 12.8 Å². The van der Waals surface area contributed by atoms with E-state index in [9.17, 15) is 4.79 Å². The first-order chi connectivity index (χ1) is 17.5. The predicted octanol–water partition coefficient (Wildman–Crippen LogP) is 9.31. The Labute approximate surface area is 313 Å². The van der Waals surface area contributed by atoms with Crippen LogP contribution in [0.4, 0.5) is 0 Å². The minimum absolute atomic E-state index is 0. The molecule has 0 amide bonds. The second-order valence-corrected chi connectivity index (χ2v) is 16.5. The molecule has 42 heavy (non-hydrogen) atoms. The first-order valence-corrected chi connectivity index (χ1v) is 16.5. The number of hydrogen-bond donors (Lipinski definition) is 0. The molecule has 7 heteroatoms. The van der Waals surface area contributed by atoms with E-state index in [1.807, 2.05) is 21.0 Å². The molecule has 2 unspecified atom stereocenters. The topological polar surface area (TPSA) is 23.6 Å². The Balaban J connectivity index is -0.000000107. The van der Waals surface area contributed by atoms with Crippen LogP contribution in [-0.2, 0) is 80.9 Å². The Morgan fingerprint density at radius 2 is 0.952 bits per heavy atom. The van der Waals surface area contributed by atoms with Gasteiger partial charge in [0.15, 0.2) is 0 Å². The van der Waals surface area contributed by atoms with E-state index in [0.29, 0.717) is 22.5 Å². The summed E-state index contributed by atoms with van der Waals surface area (Å²) >= 11 is 5.04. The number of carbonyl (C=O) groups is 1. The molecule has 0 saturated heterocycles. The van der Waals surface area contributed by atoms with Crippen LogP contribution in [0.15, 0.2) is 0 Å². The summed E-state index contributed by atoms with van der Waals surface area (Å²) in [7, 11) is 8.15. The van der Waals surface area contributed by atoms with E-state index < -0.39 is 0 Å². The Bertz CT molecular complexity index is 727. The van der Waals surface area contributed by atoms with Crippen LogP contribution in [0.5, 0.6) is 0 Å². The van der Waals surface area contributed by atoms with Crippen LogP contribution in [-0.4, -0.2) is 52.5 Å². The maximum Gasteiger partial charge on any atom is 0 e. The molecule has 0 saturated carbocycles. The summed E-state index contributed by atoms with van der Waals surface area (Å²) in [5.41, 5.74) is 0.921. The summed E-state index contributed by atoms with van der Waals surface area (Å²) < 4.78 is 2.65. The maximum absolute atomic E-state index is 11.2. The van der Waals surface area contributed by atoms with Gasteiger partial charge < -0.3 is 11.8 Å². The average molecular weight is 1010 g/mol. The molecule has 0 heterocycles. The summed E-state index contributed by atoms with van der Waals surface area (Å²) in [4.78, 5) is 15.4. The molecule has 3 nitrogen and oxygen atoms in total. The van der Waals surface area contributed by atoms with Crippen molar-refractivity contribution in [1.29, 1.82) is 0 Å². The molecular weight excluding hydrogens is 934 g/mol. The molecule has 0 aliphatic carbocycles. The van der Waals surface area contributed by atoms with Crippen LogP contribution in [0.3, 0.4) is 0 Å². The van der Waals surface area contributed by atoms with Crippen molar-refractivity contribution in [2.24, 2.45) is 39.9 Å². The summed E-state index contributed by atoms with van der Waals surface area (Å²) in [6, 6.07) is 0. The fourth-order valence-electron chi connectivity index (χ4n) is 3.58. The summed E-state index contributed by atoms with van der Waals surface area (Å²) in [5, 5.41) is 0. The van der Waals surface area contributed by atoms with Crippen LogP contribution in [0, 0.1) is 51.8 Å². The summed E-state index contributed by atoms with van der Waals surface area (Å²) in [6.45, 7) is 39.8. The van der Waals surface area contributed by atoms with Gasteiger partial charge in [-0.05, 0) is 18.3 Å². The second kappa shape index (κ2) is 25.9. The van der Waals surface area contributed by atoms with Crippen molar-refractivity contribution in [3.8, 4) is 0 Å². The van der Waals surface area contributed by atoms with Crippen molar-refractivity contribution in [2.75, 3.05) is 28.2 Å². The van der Waals surface area contributed by atoms with E-state index in [1.165, 1.54) is 14.6 Å². The molecule has 0 aromatic rings. The molecule has 0 bridgehead atoms. The van der Waals surface area contributed by atoms with E-state index >= 15 is 0 Å². The van der Waals surface area contributed by atoms with E-state index in [4.69, 9.17) is 0 Å². The van der Waals surface area contributed by atoms with Gasteiger partial charge >= 0.3 is 101 Å². The van der Waals surface area contributed by atoms with Gasteiger partial charge in [0, 0.05) is 48.0 Å². The molecular formula is C35H72N2OV2W2-2. The molecule has 0 fully saturated rings. The molecule has 0 rings (SSSR count).